The summed E-state index contributed by atoms with van der Waals surface area (Å²) in [5, 5.41) is 16.9. The number of thiazole rings is 1. The molecule has 3 heterocycles. The number of hydrogen-bond acceptors (Lipinski definition) is 8. The number of rotatable bonds is 3. The van der Waals surface area contributed by atoms with E-state index in [1.807, 2.05) is 0 Å². The number of aromatic nitrogens is 3. The first kappa shape index (κ1) is 12.2. The van der Waals surface area contributed by atoms with E-state index in [2.05, 4.69) is 15.1 Å². The van der Waals surface area contributed by atoms with Gasteiger partial charge in [0.2, 0.25) is 5.82 Å². The number of nitro groups is 1. The maximum Gasteiger partial charge on any atom is 0.344 e. The van der Waals surface area contributed by atoms with Crippen molar-refractivity contribution in [3.63, 3.8) is 0 Å². The summed E-state index contributed by atoms with van der Waals surface area (Å²) in [6.45, 7) is 0. The monoisotopic (exact) mass is 314 g/mol. The third-order valence-electron chi connectivity index (χ3n) is 2.10. The van der Waals surface area contributed by atoms with Crippen LogP contribution in [0.3, 0.4) is 0 Å². The van der Waals surface area contributed by atoms with Gasteiger partial charge in [0.25, 0.3) is 5.89 Å². The van der Waals surface area contributed by atoms with Gasteiger partial charge in [-0.1, -0.05) is 16.8 Å². The van der Waals surface area contributed by atoms with Crippen LogP contribution in [0, 0.1) is 10.1 Å². The molecule has 19 heavy (non-hydrogen) atoms. The van der Waals surface area contributed by atoms with E-state index in [0.717, 1.165) is 17.5 Å². The predicted molar refractivity (Wildman–Crippen MR) is 70.4 cm³/mol. The standard InChI is InChI=1S/C9H3ClN4O3S2/c10-4-1-2-18-6(4)8-12-7(13-17-8)9-11-3-5(19-9)14(15)16/h1-3H. The molecule has 0 fully saturated rings. The van der Waals surface area contributed by atoms with Crippen molar-refractivity contribution in [1.29, 1.82) is 0 Å². The minimum atomic E-state index is -0.516. The first-order valence-corrected chi connectivity index (χ1v) is 6.90. The fraction of sp³-hybridized carbons (Fsp3) is 0. The van der Waals surface area contributed by atoms with Crippen molar-refractivity contribution in [2.45, 2.75) is 0 Å². The SMILES string of the molecule is O=[N+]([O-])c1cnc(-c2noc(-c3sccc3Cl)n2)s1. The third kappa shape index (κ3) is 2.23. The fourth-order valence-corrected chi connectivity index (χ4v) is 3.02. The Balaban J connectivity index is 1.97. The summed E-state index contributed by atoms with van der Waals surface area (Å²) in [6.07, 6.45) is 1.16. The molecule has 3 rings (SSSR count). The zero-order chi connectivity index (χ0) is 13.4. The van der Waals surface area contributed by atoms with Crippen molar-refractivity contribution in [3.8, 4) is 21.6 Å². The minimum absolute atomic E-state index is 0.0736. The quantitative estimate of drug-likeness (QED) is 0.542. The lowest BCUT2D eigenvalue weighted by Gasteiger charge is -1.86. The van der Waals surface area contributed by atoms with E-state index in [1.165, 1.54) is 11.3 Å². The smallest absolute Gasteiger partial charge is 0.333 e. The van der Waals surface area contributed by atoms with E-state index in [0.29, 0.717) is 14.9 Å². The second-order valence-corrected chi connectivity index (χ2v) is 5.61. The molecule has 0 bridgehead atoms. The summed E-state index contributed by atoms with van der Waals surface area (Å²) in [5.41, 5.74) is 0. The molecular weight excluding hydrogens is 312 g/mol. The average molecular weight is 315 g/mol. The highest BCUT2D eigenvalue weighted by Crippen LogP contribution is 2.34. The summed E-state index contributed by atoms with van der Waals surface area (Å²) in [6, 6.07) is 1.72. The minimum Gasteiger partial charge on any atom is -0.333 e. The summed E-state index contributed by atoms with van der Waals surface area (Å²) in [5.74, 6) is 0.477. The Morgan fingerprint density at radius 3 is 2.95 bits per heavy atom. The van der Waals surface area contributed by atoms with Crippen molar-refractivity contribution in [3.05, 3.63) is 32.8 Å². The highest BCUT2D eigenvalue weighted by Gasteiger charge is 2.19. The van der Waals surface area contributed by atoms with Crippen LogP contribution in [0.25, 0.3) is 21.6 Å². The number of hydrogen-bond donors (Lipinski definition) is 0. The van der Waals surface area contributed by atoms with E-state index < -0.39 is 4.92 Å². The molecule has 0 spiro atoms. The molecule has 0 aliphatic rings. The van der Waals surface area contributed by atoms with Crippen LogP contribution in [-0.4, -0.2) is 20.0 Å². The van der Waals surface area contributed by atoms with E-state index in [9.17, 15) is 10.1 Å². The van der Waals surface area contributed by atoms with Crippen molar-refractivity contribution < 1.29 is 9.45 Å². The van der Waals surface area contributed by atoms with Crippen LogP contribution >= 0.6 is 34.3 Å². The fourth-order valence-electron chi connectivity index (χ4n) is 1.30. The van der Waals surface area contributed by atoms with Gasteiger partial charge in [0, 0.05) is 0 Å². The Bertz CT molecular complexity index is 750. The summed E-state index contributed by atoms with van der Waals surface area (Å²) in [7, 11) is 0. The highest BCUT2D eigenvalue weighted by molar-refractivity contribution is 7.18. The van der Waals surface area contributed by atoms with Gasteiger partial charge in [0.05, 0.1) is 9.95 Å². The molecule has 7 nitrogen and oxygen atoms in total. The van der Waals surface area contributed by atoms with Gasteiger partial charge in [0.1, 0.15) is 11.1 Å². The van der Waals surface area contributed by atoms with Gasteiger partial charge in [-0.05, 0) is 22.8 Å². The first-order valence-electron chi connectivity index (χ1n) is 4.83. The van der Waals surface area contributed by atoms with Crippen molar-refractivity contribution in [1.82, 2.24) is 15.1 Å². The maximum absolute atomic E-state index is 10.6. The summed E-state index contributed by atoms with van der Waals surface area (Å²) >= 11 is 8.21. The average Bonchev–Trinajstić information content (AvgIpc) is 3.07. The number of halogens is 1. The van der Waals surface area contributed by atoms with E-state index in [-0.39, 0.29) is 16.7 Å². The molecule has 0 saturated heterocycles. The van der Waals surface area contributed by atoms with Gasteiger partial charge in [-0.3, -0.25) is 10.1 Å². The third-order valence-corrected chi connectivity index (χ3v) is 4.38. The zero-order valence-electron chi connectivity index (χ0n) is 8.94. The largest absolute Gasteiger partial charge is 0.344 e. The molecule has 0 unspecified atom stereocenters. The molecule has 96 valence electrons. The lowest BCUT2D eigenvalue weighted by atomic mass is 10.4. The van der Waals surface area contributed by atoms with Crippen LogP contribution in [-0.2, 0) is 0 Å². The van der Waals surface area contributed by atoms with Gasteiger partial charge >= 0.3 is 5.00 Å². The molecule has 0 aliphatic heterocycles. The lowest BCUT2D eigenvalue weighted by molar-refractivity contribution is -0.380. The Kier molecular flexibility index (Phi) is 3.01. The zero-order valence-corrected chi connectivity index (χ0v) is 11.3. The van der Waals surface area contributed by atoms with Gasteiger partial charge in [-0.25, -0.2) is 4.98 Å². The molecule has 0 amide bonds. The molecule has 3 aromatic rings. The van der Waals surface area contributed by atoms with Crippen LogP contribution in [0.2, 0.25) is 5.02 Å². The second kappa shape index (κ2) is 4.68. The van der Waals surface area contributed by atoms with Crippen molar-refractivity contribution in [2.24, 2.45) is 0 Å². The van der Waals surface area contributed by atoms with E-state index >= 15 is 0 Å². The molecule has 3 aromatic heterocycles. The van der Waals surface area contributed by atoms with Crippen LogP contribution in [0.4, 0.5) is 5.00 Å². The van der Waals surface area contributed by atoms with Gasteiger partial charge in [-0.2, -0.15) is 4.98 Å². The predicted octanol–water partition coefficient (Wildman–Crippen LogP) is 3.48. The molecule has 0 atom stereocenters. The Hall–Kier alpha value is -1.84. The van der Waals surface area contributed by atoms with Crippen LogP contribution in [0.15, 0.2) is 22.2 Å². The van der Waals surface area contributed by atoms with Gasteiger partial charge in [0.15, 0.2) is 5.01 Å². The molecule has 0 N–H and O–H groups in total. The Labute approximate surface area is 118 Å². The number of nitrogens with zero attached hydrogens (tertiary/aromatic N) is 4. The van der Waals surface area contributed by atoms with Crippen LogP contribution < -0.4 is 0 Å². The second-order valence-electron chi connectivity index (χ2n) is 3.28. The van der Waals surface area contributed by atoms with E-state index in [4.69, 9.17) is 16.1 Å². The highest BCUT2D eigenvalue weighted by atomic mass is 35.5. The first-order chi connectivity index (χ1) is 9.15. The molecule has 0 saturated carbocycles. The lowest BCUT2D eigenvalue weighted by Crippen LogP contribution is -1.80. The molecule has 0 aromatic carbocycles. The van der Waals surface area contributed by atoms with Crippen LogP contribution in [0.1, 0.15) is 0 Å². The van der Waals surface area contributed by atoms with Gasteiger partial charge in [-0.15, -0.1) is 11.3 Å². The molecular formula is C9H3ClN4O3S2. The molecule has 10 heteroatoms. The van der Waals surface area contributed by atoms with Crippen molar-refractivity contribution >= 4 is 39.3 Å². The maximum atomic E-state index is 10.6. The Morgan fingerprint density at radius 2 is 2.32 bits per heavy atom. The summed E-state index contributed by atoms with van der Waals surface area (Å²) < 4.78 is 5.08. The molecule has 0 radical (unpaired) electrons. The van der Waals surface area contributed by atoms with Gasteiger partial charge < -0.3 is 4.52 Å². The number of thiophene rings is 1. The topological polar surface area (TPSA) is 95.0 Å². The normalized spacial score (nSPS) is 10.8. The van der Waals surface area contributed by atoms with E-state index in [1.54, 1.807) is 11.4 Å². The van der Waals surface area contributed by atoms with Crippen molar-refractivity contribution in [2.75, 3.05) is 0 Å². The summed E-state index contributed by atoms with van der Waals surface area (Å²) in [4.78, 5) is 18.7. The van der Waals surface area contributed by atoms with Crippen LogP contribution in [0.5, 0.6) is 0 Å². The molecule has 0 aliphatic carbocycles. The Morgan fingerprint density at radius 1 is 1.47 bits per heavy atom.